The van der Waals surface area contributed by atoms with Crippen molar-refractivity contribution in [3.63, 3.8) is 0 Å². The lowest BCUT2D eigenvalue weighted by Gasteiger charge is -2.26. The molecule has 1 aliphatic heterocycles. The first-order valence-corrected chi connectivity index (χ1v) is 9.47. The molecule has 0 bridgehead atoms. The molecular weight excluding hydrogens is 318 g/mol. The highest BCUT2D eigenvalue weighted by atomic mass is 32.2. The zero-order valence-corrected chi connectivity index (χ0v) is 14.0. The van der Waals surface area contributed by atoms with Gasteiger partial charge in [0.2, 0.25) is 5.91 Å². The molecule has 0 spiro atoms. The van der Waals surface area contributed by atoms with Gasteiger partial charge in [0.05, 0.1) is 12.0 Å². The van der Waals surface area contributed by atoms with Gasteiger partial charge in [0.1, 0.15) is 11.5 Å². The quantitative estimate of drug-likeness (QED) is 0.839. The zero-order chi connectivity index (χ0) is 16.6. The normalized spacial score (nSPS) is 29.2. The van der Waals surface area contributed by atoms with Crippen LogP contribution in [0.1, 0.15) is 49.7 Å². The molecule has 128 valence electrons. The first kappa shape index (κ1) is 16.5. The number of primary amides is 1. The van der Waals surface area contributed by atoms with Gasteiger partial charge in [0, 0.05) is 12.6 Å². The van der Waals surface area contributed by atoms with Gasteiger partial charge in [-0.2, -0.15) is 17.4 Å². The van der Waals surface area contributed by atoms with Crippen LogP contribution in [-0.2, 0) is 15.0 Å². The van der Waals surface area contributed by atoms with Crippen LogP contribution in [0.2, 0.25) is 0 Å². The second-order valence-corrected chi connectivity index (χ2v) is 8.04. The molecule has 1 saturated heterocycles. The van der Waals surface area contributed by atoms with Gasteiger partial charge in [-0.1, -0.05) is 6.42 Å². The fourth-order valence-corrected chi connectivity index (χ4v) is 5.36. The third-order valence-electron chi connectivity index (χ3n) is 4.78. The monoisotopic (exact) mass is 341 g/mol. The van der Waals surface area contributed by atoms with Gasteiger partial charge >= 0.3 is 0 Å². The Bertz CT molecular complexity index is 685. The second kappa shape index (κ2) is 6.26. The molecule has 1 aromatic heterocycles. The van der Waals surface area contributed by atoms with Crippen LogP contribution in [0.25, 0.3) is 0 Å². The summed E-state index contributed by atoms with van der Waals surface area (Å²) in [6.45, 7) is 2.29. The number of furan rings is 1. The Morgan fingerprint density at radius 3 is 2.74 bits per heavy atom. The van der Waals surface area contributed by atoms with Crippen LogP contribution in [0, 0.1) is 12.8 Å². The van der Waals surface area contributed by atoms with Crippen molar-refractivity contribution in [2.45, 2.75) is 51.1 Å². The Morgan fingerprint density at radius 2 is 2.09 bits per heavy atom. The highest BCUT2D eigenvalue weighted by Crippen LogP contribution is 2.35. The van der Waals surface area contributed by atoms with Crippen LogP contribution < -0.4 is 10.5 Å². The lowest BCUT2D eigenvalue weighted by Crippen LogP contribution is -2.48. The van der Waals surface area contributed by atoms with E-state index in [1.807, 2.05) is 19.1 Å². The number of amides is 1. The van der Waals surface area contributed by atoms with E-state index in [4.69, 9.17) is 10.2 Å². The van der Waals surface area contributed by atoms with Crippen molar-refractivity contribution in [1.29, 1.82) is 0 Å². The van der Waals surface area contributed by atoms with Gasteiger partial charge in [0.25, 0.3) is 10.2 Å². The molecule has 0 radical (unpaired) electrons. The summed E-state index contributed by atoms with van der Waals surface area (Å²) in [5, 5.41) is 0. The molecule has 0 aromatic carbocycles. The molecule has 0 unspecified atom stereocenters. The summed E-state index contributed by atoms with van der Waals surface area (Å²) in [6, 6.07) is 2.98. The van der Waals surface area contributed by atoms with Gasteiger partial charge < -0.3 is 10.2 Å². The molecule has 8 heteroatoms. The molecule has 1 amide bonds. The second-order valence-electron chi connectivity index (χ2n) is 6.39. The maximum Gasteiger partial charge on any atom is 0.280 e. The van der Waals surface area contributed by atoms with Gasteiger partial charge in [-0.25, -0.2) is 0 Å². The number of rotatable bonds is 5. The van der Waals surface area contributed by atoms with E-state index in [0.29, 0.717) is 25.1 Å². The average molecular weight is 341 g/mol. The van der Waals surface area contributed by atoms with Crippen molar-refractivity contribution in [2.24, 2.45) is 11.7 Å². The minimum atomic E-state index is -3.68. The Balaban J connectivity index is 1.77. The van der Waals surface area contributed by atoms with Crippen molar-refractivity contribution in [3.05, 3.63) is 23.7 Å². The highest BCUT2D eigenvalue weighted by molar-refractivity contribution is 7.87. The zero-order valence-electron chi connectivity index (χ0n) is 13.2. The minimum absolute atomic E-state index is 0.283. The van der Waals surface area contributed by atoms with Crippen LogP contribution >= 0.6 is 0 Å². The predicted molar refractivity (Wildman–Crippen MR) is 84.5 cm³/mol. The predicted octanol–water partition coefficient (Wildman–Crippen LogP) is 1.21. The van der Waals surface area contributed by atoms with E-state index in [2.05, 4.69) is 4.72 Å². The van der Waals surface area contributed by atoms with E-state index in [9.17, 15) is 13.2 Å². The van der Waals surface area contributed by atoms with E-state index in [1.54, 1.807) is 0 Å². The smallest absolute Gasteiger partial charge is 0.280 e. The molecule has 3 N–H and O–H groups in total. The van der Waals surface area contributed by atoms with E-state index >= 15 is 0 Å². The summed E-state index contributed by atoms with van der Waals surface area (Å²) >= 11 is 0. The fourth-order valence-electron chi connectivity index (χ4n) is 3.65. The molecule has 2 fully saturated rings. The van der Waals surface area contributed by atoms with Crippen molar-refractivity contribution < 1.29 is 17.6 Å². The summed E-state index contributed by atoms with van der Waals surface area (Å²) in [5.74, 6) is 0.580. The van der Waals surface area contributed by atoms with Crippen LogP contribution in [-0.4, -0.2) is 31.2 Å². The van der Waals surface area contributed by atoms with Crippen LogP contribution in [0.15, 0.2) is 16.5 Å². The van der Waals surface area contributed by atoms with Crippen LogP contribution in [0.3, 0.4) is 0 Å². The average Bonchev–Trinajstić information content (AvgIpc) is 3.16. The third kappa shape index (κ3) is 3.29. The van der Waals surface area contributed by atoms with Crippen molar-refractivity contribution in [3.8, 4) is 0 Å². The molecule has 3 atom stereocenters. The molecule has 2 aliphatic rings. The van der Waals surface area contributed by atoms with E-state index in [-0.39, 0.29) is 6.04 Å². The Morgan fingerprint density at radius 1 is 1.30 bits per heavy atom. The molecule has 7 nitrogen and oxygen atoms in total. The fraction of sp³-hybridized carbons (Fsp3) is 0.667. The first-order valence-electron chi connectivity index (χ1n) is 8.03. The van der Waals surface area contributed by atoms with Crippen molar-refractivity contribution in [2.75, 3.05) is 6.54 Å². The number of nitrogens with zero attached hydrogens (tertiary/aromatic N) is 1. The number of carbonyl (C=O) groups is 1. The van der Waals surface area contributed by atoms with E-state index in [1.165, 1.54) is 4.31 Å². The third-order valence-corrected chi connectivity index (χ3v) is 6.44. The molecule has 1 aliphatic carbocycles. The highest BCUT2D eigenvalue weighted by Gasteiger charge is 2.41. The number of nitrogens with two attached hydrogens (primary N) is 1. The minimum Gasteiger partial charge on any atom is -0.465 e. The first-order chi connectivity index (χ1) is 10.9. The number of hydrogen-bond acceptors (Lipinski definition) is 4. The van der Waals surface area contributed by atoms with Gasteiger partial charge in [-0.3, -0.25) is 4.79 Å². The lowest BCUT2D eigenvalue weighted by molar-refractivity contribution is -0.122. The SMILES string of the molecule is Cc1ccc([C@@H]2CCCN2S(=O)(=O)N[C@H]2CCC[C@H]2C(N)=O)o1. The van der Waals surface area contributed by atoms with Crippen LogP contribution in [0.5, 0.6) is 0 Å². The summed E-state index contributed by atoms with van der Waals surface area (Å²) in [5.41, 5.74) is 5.38. The molecular formula is C15H23N3O4S. The topological polar surface area (TPSA) is 106 Å². The summed E-state index contributed by atoms with van der Waals surface area (Å²) in [4.78, 5) is 11.5. The van der Waals surface area contributed by atoms with Crippen molar-refractivity contribution >= 4 is 16.1 Å². The summed E-state index contributed by atoms with van der Waals surface area (Å²) in [7, 11) is -3.68. The Hall–Kier alpha value is -1.38. The molecule has 2 heterocycles. The summed E-state index contributed by atoms with van der Waals surface area (Å²) in [6.07, 6.45) is 3.61. The van der Waals surface area contributed by atoms with Gasteiger partial charge in [0.15, 0.2) is 0 Å². The largest absolute Gasteiger partial charge is 0.465 e. The molecule has 23 heavy (non-hydrogen) atoms. The maximum absolute atomic E-state index is 12.8. The lowest BCUT2D eigenvalue weighted by atomic mass is 10.0. The maximum atomic E-state index is 12.8. The molecule has 3 rings (SSSR count). The number of aryl methyl sites for hydroxylation is 1. The standard InChI is InChI=1S/C15H23N3O4S/c1-10-7-8-14(22-10)13-6-3-9-18(13)23(20,21)17-12-5-2-4-11(12)15(16)19/h7-8,11-13,17H,2-6,9H2,1H3,(H2,16,19)/t11-,12+,13+/m1/s1. The molecule has 1 aromatic rings. The number of carbonyl (C=O) groups excluding carboxylic acids is 1. The van der Waals surface area contributed by atoms with E-state index < -0.39 is 28.1 Å². The van der Waals surface area contributed by atoms with Gasteiger partial charge in [-0.15, -0.1) is 0 Å². The number of hydrogen-bond donors (Lipinski definition) is 2. The Labute approximate surface area is 136 Å². The summed E-state index contributed by atoms with van der Waals surface area (Å²) < 4.78 is 35.3. The molecule has 1 saturated carbocycles. The van der Waals surface area contributed by atoms with Crippen molar-refractivity contribution in [1.82, 2.24) is 9.03 Å². The Kier molecular flexibility index (Phi) is 4.48. The van der Waals surface area contributed by atoms with Crippen LogP contribution in [0.4, 0.5) is 0 Å². The number of nitrogens with one attached hydrogen (secondary N) is 1. The van der Waals surface area contributed by atoms with Gasteiger partial charge in [-0.05, 0) is 44.7 Å². The van der Waals surface area contributed by atoms with E-state index in [0.717, 1.165) is 25.0 Å².